The van der Waals surface area contributed by atoms with Crippen molar-refractivity contribution in [2.45, 2.75) is 19.6 Å². The number of benzene rings is 3. The van der Waals surface area contributed by atoms with E-state index in [1.165, 1.54) is 23.5 Å². The zero-order valence-electron chi connectivity index (χ0n) is 13.0. The smallest absolute Gasteiger partial charge is 0.100 e. The molecule has 26 heavy (non-hydrogen) atoms. The van der Waals surface area contributed by atoms with Crippen molar-refractivity contribution in [2.75, 3.05) is 0 Å². The SMILES string of the molecule is N#Cc1cc(Sc2ccc(Cl)c(Cl)c2)ccc1Sc1ccc(Cl)c(Cl)c1. The summed E-state index contributed by atoms with van der Waals surface area (Å²) < 4.78 is 0. The Balaban J connectivity index is 1.84. The summed E-state index contributed by atoms with van der Waals surface area (Å²) in [7, 11) is 0. The highest BCUT2D eigenvalue weighted by atomic mass is 35.5. The van der Waals surface area contributed by atoms with Crippen LogP contribution in [0.3, 0.4) is 0 Å². The van der Waals surface area contributed by atoms with Crippen LogP contribution < -0.4 is 0 Å². The van der Waals surface area contributed by atoms with Crippen LogP contribution >= 0.6 is 69.9 Å². The van der Waals surface area contributed by atoms with Gasteiger partial charge in [-0.05, 0) is 54.6 Å². The van der Waals surface area contributed by atoms with Gasteiger partial charge in [0, 0.05) is 19.6 Å². The van der Waals surface area contributed by atoms with E-state index < -0.39 is 0 Å². The highest BCUT2D eigenvalue weighted by molar-refractivity contribution is 7.99. The lowest BCUT2D eigenvalue weighted by Gasteiger charge is -2.08. The largest absolute Gasteiger partial charge is 0.192 e. The average Bonchev–Trinajstić information content (AvgIpc) is 2.62. The molecule has 1 nitrogen and oxygen atoms in total. The molecule has 0 aromatic heterocycles. The van der Waals surface area contributed by atoms with E-state index in [0.29, 0.717) is 25.7 Å². The number of nitriles is 1. The van der Waals surface area contributed by atoms with Crippen LogP contribution in [0.1, 0.15) is 5.56 Å². The van der Waals surface area contributed by atoms with Gasteiger partial charge in [0.15, 0.2) is 0 Å². The Hall–Kier alpha value is -0.990. The summed E-state index contributed by atoms with van der Waals surface area (Å²) in [5, 5.41) is 11.5. The first-order valence-corrected chi connectivity index (χ1v) is 10.4. The number of hydrogen-bond donors (Lipinski definition) is 0. The van der Waals surface area contributed by atoms with E-state index in [9.17, 15) is 5.26 Å². The van der Waals surface area contributed by atoms with E-state index in [0.717, 1.165) is 19.6 Å². The Kier molecular flexibility index (Phi) is 6.69. The molecular formula is C19H9Cl4NS2. The molecule has 130 valence electrons. The molecule has 0 spiro atoms. The monoisotopic (exact) mass is 455 g/mol. The Morgan fingerprint density at radius 2 is 1.12 bits per heavy atom. The lowest BCUT2D eigenvalue weighted by Crippen LogP contribution is -1.84. The average molecular weight is 457 g/mol. The summed E-state index contributed by atoms with van der Waals surface area (Å²) in [6.07, 6.45) is 0. The van der Waals surface area contributed by atoms with E-state index in [-0.39, 0.29) is 0 Å². The molecule has 0 amide bonds. The second kappa shape index (κ2) is 8.80. The summed E-state index contributed by atoms with van der Waals surface area (Å²) in [5.74, 6) is 0. The van der Waals surface area contributed by atoms with Crippen LogP contribution in [-0.2, 0) is 0 Å². The second-order valence-electron chi connectivity index (χ2n) is 5.13. The molecule has 3 aromatic rings. The molecule has 3 aromatic carbocycles. The minimum absolute atomic E-state index is 0.488. The first-order chi connectivity index (χ1) is 12.5. The van der Waals surface area contributed by atoms with Crippen molar-refractivity contribution in [3.8, 4) is 6.07 Å². The third-order valence-corrected chi connectivity index (χ3v) is 6.84. The van der Waals surface area contributed by atoms with E-state index in [2.05, 4.69) is 6.07 Å². The first-order valence-electron chi connectivity index (χ1n) is 7.26. The molecule has 0 bridgehead atoms. The minimum atomic E-state index is 0.488. The lowest BCUT2D eigenvalue weighted by atomic mass is 10.2. The highest BCUT2D eigenvalue weighted by Gasteiger charge is 2.09. The topological polar surface area (TPSA) is 23.8 Å². The summed E-state index contributed by atoms with van der Waals surface area (Å²) in [4.78, 5) is 3.66. The van der Waals surface area contributed by atoms with Gasteiger partial charge in [0.1, 0.15) is 6.07 Å². The fourth-order valence-corrected chi connectivity index (χ4v) is 4.63. The molecule has 3 rings (SSSR count). The molecule has 0 aliphatic carbocycles. The molecule has 0 aliphatic rings. The Morgan fingerprint density at radius 1 is 0.615 bits per heavy atom. The highest BCUT2D eigenvalue weighted by Crippen LogP contribution is 2.37. The Morgan fingerprint density at radius 3 is 1.65 bits per heavy atom. The molecule has 0 fully saturated rings. The van der Waals surface area contributed by atoms with Gasteiger partial charge in [0.25, 0.3) is 0 Å². The number of halogens is 4. The van der Waals surface area contributed by atoms with Crippen molar-refractivity contribution in [1.82, 2.24) is 0 Å². The van der Waals surface area contributed by atoms with Gasteiger partial charge >= 0.3 is 0 Å². The van der Waals surface area contributed by atoms with Crippen molar-refractivity contribution >= 4 is 69.9 Å². The zero-order valence-corrected chi connectivity index (χ0v) is 17.6. The third kappa shape index (κ3) is 4.84. The molecule has 0 radical (unpaired) electrons. The summed E-state index contributed by atoms with van der Waals surface area (Å²) in [6.45, 7) is 0. The molecule has 0 aliphatic heterocycles. The van der Waals surface area contributed by atoms with Crippen molar-refractivity contribution < 1.29 is 0 Å². The number of hydrogen-bond acceptors (Lipinski definition) is 3. The molecule has 0 heterocycles. The molecule has 0 saturated heterocycles. The van der Waals surface area contributed by atoms with Crippen LogP contribution in [-0.4, -0.2) is 0 Å². The predicted molar refractivity (Wildman–Crippen MR) is 112 cm³/mol. The molecule has 0 atom stereocenters. The normalized spacial score (nSPS) is 10.6. The predicted octanol–water partition coefficient (Wildman–Crippen LogP) is 8.47. The zero-order chi connectivity index (χ0) is 18.7. The summed E-state index contributed by atoms with van der Waals surface area (Å²) in [6, 6.07) is 18.8. The van der Waals surface area contributed by atoms with Crippen LogP contribution in [0, 0.1) is 11.3 Å². The molecule has 0 unspecified atom stereocenters. The van der Waals surface area contributed by atoms with Gasteiger partial charge in [-0.3, -0.25) is 0 Å². The van der Waals surface area contributed by atoms with Gasteiger partial charge in [-0.15, -0.1) is 0 Å². The Labute approximate surface area is 180 Å². The number of rotatable bonds is 4. The fraction of sp³-hybridized carbons (Fsp3) is 0. The molecule has 7 heteroatoms. The van der Waals surface area contributed by atoms with Crippen molar-refractivity contribution in [3.63, 3.8) is 0 Å². The molecular weight excluding hydrogens is 448 g/mol. The van der Waals surface area contributed by atoms with E-state index in [1.807, 2.05) is 30.3 Å². The van der Waals surface area contributed by atoms with Gasteiger partial charge in [0.05, 0.1) is 25.7 Å². The molecule has 0 N–H and O–H groups in total. The maximum atomic E-state index is 9.51. The van der Waals surface area contributed by atoms with E-state index in [1.54, 1.807) is 24.3 Å². The van der Waals surface area contributed by atoms with Crippen LogP contribution in [0.5, 0.6) is 0 Å². The Bertz CT molecular complexity index is 1010. The standard InChI is InChI=1S/C19H9Cl4NS2/c20-15-4-1-13(8-17(15)22)25-12-3-6-19(11(7-12)10-24)26-14-2-5-16(21)18(23)9-14/h1-9H. The fourth-order valence-electron chi connectivity index (χ4n) is 2.09. The van der Waals surface area contributed by atoms with E-state index >= 15 is 0 Å². The first kappa shape index (κ1) is 19.8. The lowest BCUT2D eigenvalue weighted by molar-refractivity contribution is 1.28. The quantitative estimate of drug-likeness (QED) is 0.393. The van der Waals surface area contributed by atoms with Crippen LogP contribution in [0.2, 0.25) is 20.1 Å². The molecule has 0 saturated carbocycles. The van der Waals surface area contributed by atoms with Crippen LogP contribution in [0.4, 0.5) is 0 Å². The van der Waals surface area contributed by atoms with Crippen molar-refractivity contribution in [1.29, 1.82) is 5.26 Å². The van der Waals surface area contributed by atoms with Crippen molar-refractivity contribution in [2.24, 2.45) is 0 Å². The third-order valence-electron chi connectivity index (χ3n) is 3.32. The number of nitrogens with zero attached hydrogens (tertiary/aromatic N) is 1. The summed E-state index contributed by atoms with van der Waals surface area (Å²) >= 11 is 27.0. The van der Waals surface area contributed by atoms with Crippen LogP contribution in [0.15, 0.2) is 74.2 Å². The van der Waals surface area contributed by atoms with E-state index in [4.69, 9.17) is 46.4 Å². The maximum Gasteiger partial charge on any atom is 0.100 e. The minimum Gasteiger partial charge on any atom is -0.192 e. The van der Waals surface area contributed by atoms with Crippen LogP contribution in [0.25, 0.3) is 0 Å². The van der Waals surface area contributed by atoms with Gasteiger partial charge in [-0.2, -0.15) is 5.26 Å². The van der Waals surface area contributed by atoms with Crippen molar-refractivity contribution in [3.05, 3.63) is 80.3 Å². The maximum absolute atomic E-state index is 9.51. The summed E-state index contributed by atoms with van der Waals surface area (Å²) in [5.41, 5.74) is 0.589. The second-order valence-corrected chi connectivity index (χ2v) is 9.02. The van der Waals surface area contributed by atoms with Gasteiger partial charge in [-0.25, -0.2) is 0 Å². The van der Waals surface area contributed by atoms with Gasteiger partial charge < -0.3 is 0 Å². The van der Waals surface area contributed by atoms with Gasteiger partial charge in [-0.1, -0.05) is 69.9 Å². The van der Waals surface area contributed by atoms with Gasteiger partial charge in [0.2, 0.25) is 0 Å².